The minimum absolute atomic E-state index is 0.0728. The summed E-state index contributed by atoms with van der Waals surface area (Å²) >= 11 is 12.1. The Labute approximate surface area is 124 Å². The maximum atomic E-state index is 12.3. The molecule has 0 spiro atoms. The van der Waals surface area contributed by atoms with Gasteiger partial charge in [-0.05, 0) is 51.1 Å². The van der Waals surface area contributed by atoms with Gasteiger partial charge < -0.3 is 5.32 Å². The predicted molar refractivity (Wildman–Crippen MR) is 79.7 cm³/mol. The van der Waals surface area contributed by atoms with E-state index in [4.69, 9.17) is 23.2 Å². The van der Waals surface area contributed by atoms with Crippen LogP contribution in [0.4, 0.5) is 0 Å². The number of rotatable bonds is 6. The molecule has 0 aliphatic rings. The van der Waals surface area contributed by atoms with Crippen LogP contribution in [0.25, 0.3) is 0 Å². The fraction of sp³-hybridized carbons (Fsp3) is 0.500. The second kappa shape index (κ2) is 6.90. The smallest absolute Gasteiger partial charge is 0.242 e. The molecule has 0 fully saturated rings. The van der Waals surface area contributed by atoms with Crippen LogP contribution in [0.3, 0.4) is 0 Å². The Hall–Kier alpha value is -0.330. The van der Waals surface area contributed by atoms with Gasteiger partial charge in [-0.15, -0.1) is 0 Å². The van der Waals surface area contributed by atoms with Gasteiger partial charge in [0.2, 0.25) is 10.0 Å². The third-order valence-corrected chi connectivity index (χ3v) is 5.38. The Morgan fingerprint density at radius 2 is 1.84 bits per heavy atom. The monoisotopic (exact) mass is 324 g/mol. The van der Waals surface area contributed by atoms with Crippen LogP contribution in [-0.4, -0.2) is 28.6 Å². The second-order valence-corrected chi connectivity index (χ2v) is 6.79. The van der Waals surface area contributed by atoms with E-state index in [1.165, 1.54) is 0 Å². The van der Waals surface area contributed by atoms with Crippen LogP contribution in [-0.2, 0) is 10.0 Å². The molecule has 0 aliphatic carbocycles. The van der Waals surface area contributed by atoms with Crippen molar-refractivity contribution in [2.75, 3.05) is 20.1 Å². The summed E-state index contributed by atoms with van der Waals surface area (Å²) in [5.74, 6) is 0. The molecule has 0 aromatic heterocycles. The molecule has 1 rings (SSSR count). The SMILES string of the molecule is CNCCCNS(=O)(=O)c1c(C)c(Cl)cc(C)c1Cl. The van der Waals surface area contributed by atoms with Gasteiger partial charge in [0.15, 0.2) is 0 Å². The van der Waals surface area contributed by atoms with Gasteiger partial charge in [-0.1, -0.05) is 23.2 Å². The van der Waals surface area contributed by atoms with Crippen LogP contribution < -0.4 is 10.0 Å². The van der Waals surface area contributed by atoms with Gasteiger partial charge >= 0.3 is 0 Å². The zero-order chi connectivity index (χ0) is 14.6. The van der Waals surface area contributed by atoms with Crippen molar-refractivity contribution in [2.24, 2.45) is 0 Å². The number of benzene rings is 1. The number of nitrogens with one attached hydrogen (secondary N) is 2. The highest BCUT2D eigenvalue weighted by Crippen LogP contribution is 2.33. The van der Waals surface area contributed by atoms with Gasteiger partial charge in [-0.3, -0.25) is 0 Å². The molecule has 4 nitrogen and oxygen atoms in total. The second-order valence-electron chi connectivity index (χ2n) is 4.30. The van der Waals surface area contributed by atoms with E-state index in [0.29, 0.717) is 29.1 Å². The molecule has 0 saturated carbocycles. The number of halogens is 2. The molecule has 7 heteroatoms. The minimum atomic E-state index is -3.64. The molecule has 0 heterocycles. The van der Waals surface area contributed by atoms with Crippen LogP contribution in [0.1, 0.15) is 17.5 Å². The summed E-state index contributed by atoms with van der Waals surface area (Å²) in [6, 6.07) is 1.67. The quantitative estimate of drug-likeness (QED) is 0.790. The van der Waals surface area contributed by atoms with E-state index >= 15 is 0 Å². The Bertz CT molecular complexity index is 533. The lowest BCUT2D eigenvalue weighted by Gasteiger charge is -2.14. The van der Waals surface area contributed by atoms with Gasteiger partial charge in [0.1, 0.15) is 4.90 Å². The van der Waals surface area contributed by atoms with Gasteiger partial charge in [0, 0.05) is 11.6 Å². The summed E-state index contributed by atoms with van der Waals surface area (Å²) in [4.78, 5) is 0.0728. The summed E-state index contributed by atoms with van der Waals surface area (Å²) < 4.78 is 27.1. The molecule has 0 amide bonds. The molecule has 1 aromatic carbocycles. The van der Waals surface area contributed by atoms with Crippen molar-refractivity contribution >= 4 is 33.2 Å². The van der Waals surface area contributed by atoms with Gasteiger partial charge in [-0.25, -0.2) is 13.1 Å². The lowest BCUT2D eigenvalue weighted by molar-refractivity contribution is 0.576. The predicted octanol–water partition coefficient (Wildman–Crippen LogP) is 2.50. The van der Waals surface area contributed by atoms with Crippen molar-refractivity contribution in [3.63, 3.8) is 0 Å². The first-order chi connectivity index (χ1) is 8.81. The molecule has 2 N–H and O–H groups in total. The fourth-order valence-electron chi connectivity index (χ4n) is 1.68. The first-order valence-electron chi connectivity index (χ1n) is 5.90. The summed E-state index contributed by atoms with van der Waals surface area (Å²) in [7, 11) is -1.83. The third-order valence-electron chi connectivity index (χ3n) is 2.75. The molecule has 0 radical (unpaired) electrons. The van der Waals surface area contributed by atoms with E-state index in [2.05, 4.69) is 10.0 Å². The normalized spacial score (nSPS) is 11.8. The first kappa shape index (κ1) is 16.7. The summed E-state index contributed by atoms with van der Waals surface area (Å²) in [5, 5.41) is 3.58. The molecule has 108 valence electrons. The maximum absolute atomic E-state index is 12.3. The van der Waals surface area contributed by atoms with E-state index in [9.17, 15) is 8.42 Å². The molecule has 0 aliphatic heterocycles. The van der Waals surface area contributed by atoms with E-state index in [1.807, 2.05) is 7.05 Å². The Balaban J connectivity index is 3.08. The van der Waals surface area contributed by atoms with E-state index < -0.39 is 10.0 Å². The molecular formula is C12H18Cl2N2O2S. The fourth-order valence-corrected chi connectivity index (χ4v) is 3.96. The molecule has 1 aromatic rings. The number of hydrogen-bond acceptors (Lipinski definition) is 3. The van der Waals surface area contributed by atoms with Crippen molar-refractivity contribution in [3.05, 3.63) is 27.2 Å². The van der Waals surface area contributed by atoms with Gasteiger partial charge in [0.25, 0.3) is 0 Å². The van der Waals surface area contributed by atoms with Crippen LogP contribution in [0.2, 0.25) is 10.0 Å². The van der Waals surface area contributed by atoms with Crippen LogP contribution in [0.15, 0.2) is 11.0 Å². The van der Waals surface area contributed by atoms with Crippen LogP contribution in [0, 0.1) is 13.8 Å². The minimum Gasteiger partial charge on any atom is -0.320 e. The molecule has 0 atom stereocenters. The standard InChI is InChI=1S/C12H18Cl2N2O2S/c1-8-7-10(13)9(2)12(11(8)14)19(17,18)16-6-4-5-15-3/h7,15-16H,4-6H2,1-3H3. The molecule has 0 bridgehead atoms. The van der Waals surface area contributed by atoms with Crippen molar-refractivity contribution in [1.82, 2.24) is 10.0 Å². The highest BCUT2D eigenvalue weighted by atomic mass is 35.5. The molecule has 0 saturated heterocycles. The lowest BCUT2D eigenvalue weighted by Crippen LogP contribution is -2.27. The summed E-state index contributed by atoms with van der Waals surface area (Å²) in [6.07, 6.45) is 0.700. The van der Waals surface area contributed by atoms with Crippen molar-refractivity contribution in [1.29, 1.82) is 0 Å². The van der Waals surface area contributed by atoms with Crippen molar-refractivity contribution in [3.8, 4) is 0 Å². The third kappa shape index (κ3) is 4.07. The maximum Gasteiger partial charge on any atom is 0.242 e. The lowest BCUT2D eigenvalue weighted by atomic mass is 10.2. The van der Waals surface area contributed by atoms with Gasteiger partial charge in [0.05, 0.1) is 5.02 Å². The first-order valence-corrected chi connectivity index (χ1v) is 8.14. The molecule has 0 unspecified atom stereocenters. The summed E-state index contributed by atoms with van der Waals surface area (Å²) in [6.45, 7) is 4.47. The average Bonchev–Trinajstić information content (AvgIpc) is 2.32. The zero-order valence-electron chi connectivity index (χ0n) is 11.2. The summed E-state index contributed by atoms with van der Waals surface area (Å²) in [5.41, 5.74) is 1.12. The van der Waals surface area contributed by atoms with Gasteiger partial charge in [-0.2, -0.15) is 0 Å². The van der Waals surface area contributed by atoms with Crippen LogP contribution in [0.5, 0.6) is 0 Å². The number of hydrogen-bond donors (Lipinski definition) is 2. The van der Waals surface area contributed by atoms with E-state index in [0.717, 1.165) is 6.54 Å². The van der Waals surface area contributed by atoms with Crippen LogP contribution >= 0.6 is 23.2 Å². The molecular weight excluding hydrogens is 307 g/mol. The Morgan fingerprint density at radius 3 is 2.42 bits per heavy atom. The highest BCUT2D eigenvalue weighted by molar-refractivity contribution is 7.89. The molecule has 19 heavy (non-hydrogen) atoms. The largest absolute Gasteiger partial charge is 0.320 e. The van der Waals surface area contributed by atoms with E-state index in [1.54, 1.807) is 19.9 Å². The van der Waals surface area contributed by atoms with Crippen molar-refractivity contribution < 1.29 is 8.42 Å². The topological polar surface area (TPSA) is 58.2 Å². The average molecular weight is 325 g/mol. The Kier molecular flexibility index (Phi) is 6.08. The van der Waals surface area contributed by atoms with Crippen molar-refractivity contribution in [2.45, 2.75) is 25.2 Å². The Morgan fingerprint density at radius 1 is 1.21 bits per heavy atom. The number of sulfonamides is 1. The zero-order valence-corrected chi connectivity index (χ0v) is 13.5. The van der Waals surface area contributed by atoms with E-state index in [-0.39, 0.29) is 9.92 Å². The number of aryl methyl sites for hydroxylation is 1. The highest BCUT2D eigenvalue weighted by Gasteiger charge is 2.23.